The Morgan fingerprint density at radius 2 is 2.15 bits per heavy atom. The summed E-state index contributed by atoms with van der Waals surface area (Å²) in [5.74, 6) is -0.0482. The number of carbonyl (C=O) groups is 2. The van der Waals surface area contributed by atoms with E-state index in [2.05, 4.69) is 10.1 Å². The lowest BCUT2D eigenvalue weighted by molar-refractivity contribution is -0.116. The average molecular weight is 276 g/mol. The summed E-state index contributed by atoms with van der Waals surface area (Å²) in [6.07, 6.45) is 2.54. The number of anilines is 1. The highest BCUT2D eigenvalue weighted by atomic mass is 16.5. The largest absolute Gasteiger partial charge is 0.465 e. The van der Waals surface area contributed by atoms with E-state index in [1.807, 2.05) is 6.92 Å². The number of hydrogen-bond donors (Lipinski definition) is 2. The van der Waals surface area contributed by atoms with Crippen molar-refractivity contribution in [3.8, 4) is 0 Å². The van der Waals surface area contributed by atoms with Crippen molar-refractivity contribution in [3.63, 3.8) is 0 Å². The lowest BCUT2D eigenvalue weighted by Gasteiger charge is -2.13. The first-order valence-corrected chi connectivity index (χ1v) is 6.75. The molecule has 5 heteroatoms. The Bertz CT molecular complexity index is 524. The van der Waals surface area contributed by atoms with Gasteiger partial charge in [-0.25, -0.2) is 4.79 Å². The summed E-state index contributed by atoms with van der Waals surface area (Å²) in [5.41, 5.74) is 7.87. The number of methoxy groups -OCH3 is 1. The molecule has 1 aromatic carbocycles. The number of amides is 1. The lowest BCUT2D eigenvalue weighted by atomic mass is 10.1. The Labute approximate surface area is 118 Å². The van der Waals surface area contributed by atoms with Crippen molar-refractivity contribution < 1.29 is 14.3 Å². The van der Waals surface area contributed by atoms with Gasteiger partial charge in [0.15, 0.2) is 0 Å². The lowest BCUT2D eigenvalue weighted by Crippen LogP contribution is -2.29. The van der Waals surface area contributed by atoms with Crippen molar-refractivity contribution in [1.82, 2.24) is 0 Å². The number of esters is 1. The fraction of sp³-hybridized carbons (Fsp3) is 0.467. The van der Waals surface area contributed by atoms with Crippen LogP contribution in [-0.4, -0.2) is 25.0 Å². The smallest absolute Gasteiger partial charge is 0.337 e. The van der Waals surface area contributed by atoms with Crippen LogP contribution in [0.2, 0.25) is 0 Å². The second kappa shape index (κ2) is 6.05. The molecule has 5 nitrogen and oxygen atoms in total. The number of nitrogens with one attached hydrogen (secondary N) is 1. The first-order chi connectivity index (χ1) is 9.51. The normalized spacial score (nSPS) is 15.6. The minimum atomic E-state index is -0.421. The van der Waals surface area contributed by atoms with Crippen molar-refractivity contribution in [2.75, 3.05) is 12.4 Å². The average Bonchev–Trinajstić information content (AvgIpc) is 3.24. The molecule has 0 radical (unpaired) electrons. The van der Waals surface area contributed by atoms with Crippen LogP contribution >= 0.6 is 0 Å². The molecule has 0 saturated heterocycles. The van der Waals surface area contributed by atoms with Crippen LogP contribution in [0, 0.1) is 12.8 Å². The molecule has 1 unspecified atom stereocenters. The third-order valence-electron chi connectivity index (χ3n) is 3.58. The van der Waals surface area contributed by atoms with Gasteiger partial charge in [0.2, 0.25) is 5.91 Å². The van der Waals surface area contributed by atoms with Gasteiger partial charge >= 0.3 is 5.97 Å². The Morgan fingerprint density at radius 1 is 1.45 bits per heavy atom. The van der Waals surface area contributed by atoms with E-state index in [0.29, 0.717) is 23.6 Å². The molecule has 1 aliphatic carbocycles. The first-order valence-electron chi connectivity index (χ1n) is 6.75. The molecule has 1 aromatic rings. The van der Waals surface area contributed by atoms with Crippen molar-refractivity contribution in [3.05, 3.63) is 29.3 Å². The number of ether oxygens (including phenoxy) is 1. The Kier molecular flexibility index (Phi) is 4.39. The standard InChI is InChI=1S/C15H20N2O3/c1-9-3-4-11(15(19)20-2)7-13(9)17-14(18)8-12(16)10-5-6-10/h3-4,7,10,12H,5-6,8,16H2,1-2H3,(H,17,18). The second-order valence-corrected chi connectivity index (χ2v) is 5.27. The quantitative estimate of drug-likeness (QED) is 0.804. The highest BCUT2D eigenvalue weighted by Gasteiger charge is 2.29. The summed E-state index contributed by atoms with van der Waals surface area (Å²) in [4.78, 5) is 23.4. The summed E-state index contributed by atoms with van der Waals surface area (Å²) in [6.45, 7) is 1.87. The molecule has 20 heavy (non-hydrogen) atoms. The van der Waals surface area contributed by atoms with Crippen molar-refractivity contribution >= 4 is 17.6 Å². The molecule has 2 rings (SSSR count). The molecule has 0 spiro atoms. The molecule has 3 N–H and O–H groups in total. The monoisotopic (exact) mass is 276 g/mol. The van der Waals surface area contributed by atoms with Gasteiger partial charge in [0.25, 0.3) is 0 Å². The maximum atomic E-state index is 12.0. The van der Waals surface area contributed by atoms with Gasteiger partial charge < -0.3 is 15.8 Å². The van der Waals surface area contributed by atoms with Gasteiger partial charge in [-0.15, -0.1) is 0 Å². The summed E-state index contributed by atoms with van der Waals surface area (Å²) in [5, 5.41) is 2.82. The van der Waals surface area contributed by atoms with Gasteiger partial charge in [0.05, 0.1) is 12.7 Å². The molecular formula is C15H20N2O3. The Balaban J connectivity index is 2.03. The number of benzene rings is 1. The molecule has 108 valence electrons. The minimum Gasteiger partial charge on any atom is -0.465 e. The summed E-state index contributed by atoms with van der Waals surface area (Å²) in [6, 6.07) is 5.01. The number of carbonyl (C=O) groups excluding carboxylic acids is 2. The van der Waals surface area contributed by atoms with Crippen LogP contribution in [-0.2, 0) is 9.53 Å². The van der Waals surface area contributed by atoms with Crippen molar-refractivity contribution in [2.45, 2.75) is 32.2 Å². The topological polar surface area (TPSA) is 81.4 Å². The van der Waals surface area contributed by atoms with Crippen LogP contribution in [0.3, 0.4) is 0 Å². The van der Waals surface area contributed by atoms with E-state index in [-0.39, 0.29) is 11.9 Å². The molecular weight excluding hydrogens is 256 g/mol. The van der Waals surface area contributed by atoms with Crippen LogP contribution in [0.25, 0.3) is 0 Å². The first kappa shape index (κ1) is 14.5. The van der Waals surface area contributed by atoms with Gasteiger partial charge in [-0.3, -0.25) is 4.79 Å². The second-order valence-electron chi connectivity index (χ2n) is 5.27. The minimum absolute atomic E-state index is 0.0703. The van der Waals surface area contributed by atoms with E-state index in [4.69, 9.17) is 5.73 Å². The molecule has 1 aliphatic rings. The zero-order valence-electron chi connectivity index (χ0n) is 11.8. The van der Waals surface area contributed by atoms with Gasteiger partial charge in [-0.1, -0.05) is 6.07 Å². The highest BCUT2D eigenvalue weighted by Crippen LogP contribution is 2.33. The zero-order valence-corrected chi connectivity index (χ0v) is 11.8. The summed E-state index contributed by atoms with van der Waals surface area (Å²) >= 11 is 0. The van der Waals surface area contributed by atoms with E-state index in [1.54, 1.807) is 18.2 Å². The third kappa shape index (κ3) is 3.57. The maximum absolute atomic E-state index is 12.0. The number of nitrogens with two attached hydrogens (primary N) is 1. The van der Waals surface area contributed by atoms with Crippen LogP contribution in [0.1, 0.15) is 35.2 Å². The van der Waals surface area contributed by atoms with E-state index in [1.165, 1.54) is 7.11 Å². The van der Waals surface area contributed by atoms with Gasteiger partial charge in [-0.2, -0.15) is 0 Å². The number of aryl methyl sites for hydroxylation is 1. The van der Waals surface area contributed by atoms with Gasteiger partial charge in [0, 0.05) is 18.2 Å². The van der Waals surface area contributed by atoms with Gasteiger partial charge in [0.1, 0.15) is 0 Å². The summed E-state index contributed by atoms with van der Waals surface area (Å²) in [7, 11) is 1.33. The molecule has 1 saturated carbocycles. The molecule has 0 heterocycles. The highest BCUT2D eigenvalue weighted by molar-refractivity contribution is 5.95. The molecule has 0 aromatic heterocycles. The molecule has 0 aliphatic heterocycles. The third-order valence-corrected chi connectivity index (χ3v) is 3.58. The summed E-state index contributed by atoms with van der Waals surface area (Å²) < 4.78 is 4.67. The van der Waals surface area contributed by atoms with Gasteiger partial charge in [-0.05, 0) is 43.4 Å². The van der Waals surface area contributed by atoms with Crippen molar-refractivity contribution in [2.24, 2.45) is 11.7 Å². The predicted octanol–water partition coefficient (Wildman–Crippen LogP) is 1.85. The Hall–Kier alpha value is -1.88. The predicted molar refractivity (Wildman–Crippen MR) is 76.5 cm³/mol. The van der Waals surface area contributed by atoms with E-state index in [0.717, 1.165) is 18.4 Å². The molecule has 1 atom stereocenters. The SMILES string of the molecule is COC(=O)c1ccc(C)c(NC(=O)CC(N)C2CC2)c1. The van der Waals surface area contributed by atoms with Crippen LogP contribution in [0.4, 0.5) is 5.69 Å². The molecule has 1 fully saturated rings. The number of hydrogen-bond acceptors (Lipinski definition) is 4. The van der Waals surface area contributed by atoms with E-state index in [9.17, 15) is 9.59 Å². The van der Waals surface area contributed by atoms with E-state index >= 15 is 0 Å². The number of rotatable bonds is 5. The zero-order chi connectivity index (χ0) is 14.7. The molecule has 1 amide bonds. The fourth-order valence-corrected chi connectivity index (χ4v) is 2.11. The Morgan fingerprint density at radius 3 is 2.75 bits per heavy atom. The van der Waals surface area contributed by atoms with Crippen LogP contribution < -0.4 is 11.1 Å². The van der Waals surface area contributed by atoms with Crippen molar-refractivity contribution in [1.29, 1.82) is 0 Å². The maximum Gasteiger partial charge on any atom is 0.337 e. The molecule has 0 bridgehead atoms. The van der Waals surface area contributed by atoms with Crippen LogP contribution in [0.5, 0.6) is 0 Å². The van der Waals surface area contributed by atoms with Crippen LogP contribution in [0.15, 0.2) is 18.2 Å². The van der Waals surface area contributed by atoms with E-state index < -0.39 is 5.97 Å². The fourth-order valence-electron chi connectivity index (χ4n) is 2.11.